The van der Waals surface area contributed by atoms with Crippen molar-refractivity contribution in [2.45, 2.75) is 14.7 Å². The van der Waals surface area contributed by atoms with E-state index in [2.05, 4.69) is 23.3 Å². The van der Waals surface area contributed by atoms with E-state index in [0.717, 1.165) is 30.3 Å². The van der Waals surface area contributed by atoms with Gasteiger partial charge in [-0.2, -0.15) is 42.1 Å². The van der Waals surface area contributed by atoms with Gasteiger partial charge in [0.15, 0.2) is 29.0 Å². The molecule has 1 heterocycles. The van der Waals surface area contributed by atoms with Crippen LogP contribution in [0.2, 0.25) is 0 Å². The lowest BCUT2D eigenvalue weighted by Gasteiger charge is -2.12. The van der Waals surface area contributed by atoms with Crippen LogP contribution < -0.4 is 8.37 Å². The molecule has 0 spiro atoms. The maximum Gasteiger partial charge on any atom is 0.446 e. The third-order valence-electron chi connectivity index (χ3n) is 6.11. The second-order valence-electron chi connectivity index (χ2n) is 9.90. The molecule has 1 aromatic heterocycles. The molecule has 0 aliphatic rings. The lowest BCUT2D eigenvalue weighted by atomic mass is 10.1. The summed E-state index contributed by atoms with van der Waals surface area (Å²) in [7, 11) is -25.9. The maximum atomic E-state index is 12.0. The average Bonchev–Trinajstić information content (AvgIpc) is 3.03. The molecule has 0 fully saturated rings. The topological polar surface area (TPSA) is 329 Å². The number of benzene rings is 4. The van der Waals surface area contributed by atoms with Gasteiger partial charge < -0.3 is 8.37 Å². The molecule has 4 aromatic carbocycles. The van der Waals surface area contributed by atoms with Crippen LogP contribution in [0.1, 0.15) is 0 Å². The van der Waals surface area contributed by atoms with Crippen molar-refractivity contribution in [2.75, 3.05) is 0 Å². The summed E-state index contributed by atoms with van der Waals surface area (Å²) in [5.74, 6) is -3.77. The highest BCUT2D eigenvalue weighted by molar-refractivity contribution is 7.86. The Hall–Kier alpha value is -5.03. The number of rotatable bonds is 10. The Balaban J connectivity index is 0.000000801. The first-order valence-electron chi connectivity index (χ1n) is 13.4. The van der Waals surface area contributed by atoms with Gasteiger partial charge in [0.2, 0.25) is 0 Å². The molecule has 0 bridgehead atoms. The third-order valence-corrected chi connectivity index (χ3v) is 9.49. The predicted octanol–water partition coefficient (Wildman–Crippen LogP) is 2.80. The van der Waals surface area contributed by atoms with Gasteiger partial charge in [0, 0.05) is 16.7 Å². The molecule has 53 heavy (non-hydrogen) atoms. The summed E-state index contributed by atoms with van der Waals surface area (Å²) in [6.45, 7) is 0. The van der Waals surface area contributed by atoms with Crippen molar-refractivity contribution in [3.05, 3.63) is 96.8 Å². The third kappa shape index (κ3) is 11.5. The zero-order valence-electron chi connectivity index (χ0n) is 25.6. The summed E-state index contributed by atoms with van der Waals surface area (Å²) in [4.78, 5) is 9.22. The van der Waals surface area contributed by atoms with Gasteiger partial charge in [0.25, 0.3) is 30.4 Å². The standard InChI is InChI=1S/C21H15N3O17S5.C6H5F/c25-42(26,27)14-3-1-2-11(8-14)19-22-20(12-4-6-15(40-45(34,35)36)17(9-12)43(28,29)30)24-21(23-19)13-5-7-16(41-46(37,38)39)18(10-13)44(31,32)33;7-6-4-2-1-3-5-6/h1-10H,(H,25,26,27)(H,28,29,30)(H,31,32,33)(H,34,35,36)(H,37,38,39);1-5H. The first kappa shape index (κ1) is 40.7. The van der Waals surface area contributed by atoms with Crippen molar-refractivity contribution in [2.24, 2.45) is 0 Å². The molecule has 0 atom stereocenters. The van der Waals surface area contributed by atoms with Gasteiger partial charge in [-0.15, -0.1) is 0 Å². The smallest absolute Gasteiger partial charge is 0.360 e. The molecule has 20 nitrogen and oxygen atoms in total. The zero-order valence-corrected chi connectivity index (χ0v) is 29.6. The van der Waals surface area contributed by atoms with Gasteiger partial charge in [-0.05, 0) is 60.7 Å². The number of aromatic nitrogens is 3. The molecule has 0 aliphatic carbocycles. The highest BCUT2D eigenvalue weighted by Gasteiger charge is 2.25. The van der Waals surface area contributed by atoms with Crippen molar-refractivity contribution in [3.63, 3.8) is 0 Å². The summed E-state index contributed by atoms with van der Waals surface area (Å²) >= 11 is 0. The van der Waals surface area contributed by atoms with Crippen LogP contribution in [-0.2, 0) is 51.2 Å². The molecular formula is C27H20FN3O17S5. The highest BCUT2D eigenvalue weighted by Crippen LogP contribution is 2.34. The summed E-state index contributed by atoms with van der Waals surface area (Å²) in [6, 6.07) is 16.7. The van der Waals surface area contributed by atoms with Gasteiger partial charge >= 0.3 is 20.8 Å². The molecule has 0 unspecified atom stereocenters. The maximum absolute atomic E-state index is 12.0. The van der Waals surface area contributed by atoms with Gasteiger partial charge in [-0.1, -0.05) is 30.3 Å². The van der Waals surface area contributed by atoms with Crippen molar-refractivity contribution in [1.29, 1.82) is 0 Å². The molecule has 26 heteroatoms. The minimum Gasteiger partial charge on any atom is -0.360 e. The molecule has 5 aromatic rings. The van der Waals surface area contributed by atoms with E-state index in [0.29, 0.717) is 24.3 Å². The Morgan fingerprint density at radius 2 is 0.849 bits per heavy atom. The van der Waals surface area contributed by atoms with Gasteiger partial charge in [-0.25, -0.2) is 19.3 Å². The second-order valence-corrected chi connectivity index (χ2v) is 16.1. The Morgan fingerprint density at radius 1 is 0.453 bits per heavy atom. The van der Waals surface area contributed by atoms with E-state index in [1.54, 1.807) is 18.2 Å². The minimum atomic E-state index is -5.29. The summed E-state index contributed by atoms with van der Waals surface area (Å²) in [6.07, 6.45) is 0. The molecule has 0 amide bonds. The van der Waals surface area contributed by atoms with E-state index < -0.39 is 94.8 Å². The monoisotopic (exact) mass is 837 g/mol. The average molecular weight is 838 g/mol. The molecular weight excluding hydrogens is 818 g/mol. The van der Waals surface area contributed by atoms with Gasteiger partial charge in [0.1, 0.15) is 15.6 Å². The SMILES string of the molecule is Fc1ccccc1.O=S(=O)(O)Oc1ccc(-c2nc(-c3cccc(S(=O)(=O)O)c3)nc(-c3ccc(OS(=O)(=O)O)c(S(=O)(=O)O)c3)n2)cc1S(=O)(=O)O. The molecule has 0 aliphatic heterocycles. The lowest BCUT2D eigenvalue weighted by molar-refractivity contribution is 0.379. The molecule has 5 N–H and O–H groups in total. The van der Waals surface area contributed by atoms with Crippen molar-refractivity contribution in [3.8, 4) is 45.7 Å². The van der Waals surface area contributed by atoms with E-state index in [-0.39, 0.29) is 22.5 Å². The number of nitrogens with zero attached hydrogens (tertiary/aromatic N) is 3. The van der Waals surface area contributed by atoms with Crippen LogP contribution in [-0.4, -0.2) is 79.8 Å². The molecule has 0 saturated carbocycles. The largest absolute Gasteiger partial charge is 0.446 e. The fourth-order valence-corrected chi connectivity index (χ4v) is 6.69. The first-order valence-corrected chi connectivity index (χ1v) is 20.5. The van der Waals surface area contributed by atoms with Crippen molar-refractivity contribution >= 4 is 51.2 Å². The molecule has 282 valence electrons. The van der Waals surface area contributed by atoms with E-state index in [1.807, 2.05) is 0 Å². The zero-order chi connectivity index (χ0) is 39.6. The van der Waals surface area contributed by atoms with Crippen LogP contribution in [0.15, 0.2) is 106 Å². The second kappa shape index (κ2) is 15.1. The van der Waals surface area contributed by atoms with E-state index in [1.165, 1.54) is 18.2 Å². The normalized spacial score (nSPS) is 12.3. The van der Waals surface area contributed by atoms with E-state index in [4.69, 9.17) is 9.11 Å². The van der Waals surface area contributed by atoms with Crippen LogP contribution >= 0.6 is 0 Å². The highest BCUT2D eigenvalue weighted by atomic mass is 32.3. The molecule has 5 rings (SSSR count). The number of hydrogen-bond acceptors (Lipinski definition) is 15. The van der Waals surface area contributed by atoms with Crippen LogP contribution in [0.3, 0.4) is 0 Å². The molecule has 0 radical (unpaired) electrons. The first-order chi connectivity index (χ1) is 24.3. The summed E-state index contributed by atoms with van der Waals surface area (Å²) < 4.78 is 183. The van der Waals surface area contributed by atoms with Gasteiger partial charge in [-0.3, -0.25) is 22.8 Å². The Morgan fingerprint density at radius 3 is 1.17 bits per heavy atom. The van der Waals surface area contributed by atoms with Gasteiger partial charge in [0.05, 0.1) is 4.90 Å². The number of halogens is 1. The van der Waals surface area contributed by atoms with E-state index in [9.17, 15) is 60.1 Å². The predicted molar refractivity (Wildman–Crippen MR) is 176 cm³/mol. The summed E-state index contributed by atoms with van der Waals surface area (Å²) in [5.41, 5.74) is -0.817. The minimum absolute atomic E-state index is 0.136. The van der Waals surface area contributed by atoms with Crippen LogP contribution in [0.4, 0.5) is 4.39 Å². The molecule has 0 saturated heterocycles. The van der Waals surface area contributed by atoms with Crippen LogP contribution in [0.25, 0.3) is 34.2 Å². The number of hydrogen-bond donors (Lipinski definition) is 5. The van der Waals surface area contributed by atoms with Crippen LogP contribution in [0.5, 0.6) is 11.5 Å². The Bertz CT molecular complexity index is 2640. The Labute approximate surface area is 299 Å². The fraction of sp³-hybridized carbons (Fsp3) is 0. The lowest BCUT2D eigenvalue weighted by Crippen LogP contribution is -2.11. The van der Waals surface area contributed by atoms with Crippen LogP contribution in [0, 0.1) is 5.82 Å². The van der Waals surface area contributed by atoms with E-state index >= 15 is 0 Å². The van der Waals surface area contributed by atoms with Crippen molar-refractivity contribution in [1.82, 2.24) is 15.0 Å². The fourth-order valence-electron chi connectivity index (χ4n) is 4.04. The summed E-state index contributed by atoms with van der Waals surface area (Å²) in [5, 5.41) is 0. The quantitative estimate of drug-likeness (QED) is 0.126. The Kier molecular flexibility index (Phi) is 11.6. The van der Waals surface area contributed by atoms with Crippen molar-refractivity contribution < 1.29 is 77.6 Å².